The molecule has 1 unspecified atom stereocenters. The molecule has 0 bridgehead atoms. The number of likely N-dealkylation sites (N-methyl/N-ethyl adjacent to an activating group) is 1. The van der Waals surface area contributed by atoms with Crippen molar-refractivity contribution in [3.8, 4) is 0 Å². The Kier molecular flexibility index (Phi) is 8.95. The molecular formula is C24H28N6O6. The molecule has 0 saturated heterocycles. The molecular weight excluding hydrogens is 468 g/mol. The summed E-state index contributed by atoms with van der Waals surface area (Å²) >= 11 is 0. The Morgan fingerprint density at radius 3 is 2.72 bits per heavy atom. The summed E-state index contributed by atoms with van der Waals surface area (Å²) in [4.78, 5) is 57.5. The van der Waals surface area contributed by atoms with Crippen molar-refractivity contribution in [3.63, 3.8) is 0 Å². The number of aromatic amines is 1. The first-order valence-electron chi connectivity index (χ1n) is 11.2. The number of hydrogen-bond acceptors (Lipinski definition) is 6. The van der Waals surface area contributed by atoms with Crippen LogP contribution >= 0.6 is 0 Å². The lowest BCUT2D eigenvalue weighted by Crippen LogP contribution is -2.45. The van der Waals surface area contributed by atoms with Crippen LogP contribution < -0.4 is 16.2 Å². The van der Waals surface area contributed by atoms with E-state index < -0.39 is 29.5 Å². The van der Waals surface area contributed by atoms with Crippen LogP contribution in [0.2, 0.25) is 0 Å². The fraction of sp³-hybridized carbons (Fsp3) is 0.292. The van der Waals surface area contributed by atoms with Crippen LogP contribution in [-0.2, 0) is 16.1 Å². The zero-order chi connectivity index (χ0) is 26.1. The summed E-state index contributed by atoms with van der Waals surface area (Å²) in [5.41, 5.74) is 1.14. The van der Waals surface area contributed by atoms with Crippen molar-refractivity contribution in [1.82, 2.24) is 24.8 Å². The number of nitrogens with zero attached hydrogens (tertiary/aromatic N) is 3. The standard InChI is InChI=1S/C24H28N6O6/c1-29(24(35)36)19(10-4-5-11-21(32)25-12-14-31)22(33)28-18-9-6-13-30(23(18)34)15-20-26-16-7-2-3-8-17(16)27-20/h2-3,5-9,11,13,19,31H,4,10,12,14-15H2,1H3,(H,25,32)(H,26,27)(H,28,33)(H,35,36). The van der Waals surface area contributed by atoms with Gasteiger partial charge in [-0.25, -0.2) is 9.78 Å². The first-order valence-corrected chi connectivity index (χ1v) is 11.2. The molecule has 5 N–H and O–H groups in total. The molecule has 0 fully saturated rings. The number of aliphatic hydroxyl groups is 1. The summed E-state index contributed by atoms with van der Waals surface area (Å²) in [6, 6.07) is 9.41. The Balaban J connectivity index is 1.70. The second kappa shape index (κ2) is 12.3. The molecule has 36 heavy (non-hydrogen) atoms. The lowest BCUT2D eigenvalue weighted by molar-refractivity contribution is -0.120. The number of fused-ring (bicyclic) bond motifs is 1. The Bertz CT molecular complexity index is 1280. The minimum Gasteiger partial charge on any atom is -0.465 e. The van der Waals surface area contributed by atoms with Gasteiger partial charge in [0.15, 0.2) is 0 Å². The zero-order valence-electron chi connectivity index (χ0n) is 19.7. The van der Waals surface area contributed by atoms with Crippen molar-refractivity contribution >= 4 is 34.6 Å². The maximum atomic E-state index is 13.0. The number of carbonyl (C=O) groups is 3. The minimum absolute atomic E-state index is 0.00123. The van der Waals surface area contributed by atoms with Gasteiger partial charge in [-0.05, 0) is 43.2 Å². The number of anilines is 1. The average molecular weight is 497 g/mol. The van der Waals surface area contributed by atoms with Gasteiger partial charge in [0.05, 0.1) is 24.2 Å². The maximum Gasteiger partial charge on any atom is 0.407 e. The van der Waals surface area contributed by atoms with Gasteiger partial charge in [-0.3, -0.25) is 19.3 Å². The molecule has 3 aromatic rings. The molecule has 3 amide bonds. The fourth-order valence-electron chi connectivity index (χ4n) is 3.53. The van der Waals surface area contributed by atoms with E-state index in [9.17, 15) is 24.3 Å². The van der Waals surface area contributed by atoms with E-state index in [2.05, 4.69) is 20.6 Å². The van der Waals surface area contributed by atoms with E-state index in [1.54, 1.807) is 12.3 Å². The molecule has 1 atom stereocenters. The Labute approximate surface area is 206 Å². The van der Waals surface area contributed by atoms with E-state index in [0.29, 0.717) is 5.82 Å². The van der Waals surface area contributed by atoms with E-state index in [0.717, 1.165) is 15.9 Å². The van der Waals surface area contributed by atoms with Crippen molar-refractivity contribution < 1.29 is 24.6 Å². The predicted molar refractivity (Wildman–Crippen MR) is 133 cm³/mol. The van der Waals surface area contributed by atoms with Crippen LogP contribution in [0.4, 0.5) is 10.5 Å². The monoisotopic (exact) mass is 496 g/mol. The molecule has 0 aliphatic rings. The van der Waals surface area contributed by atoms with Gasteiger partial charge in [0.2, 0.25) is 11.8 Å². The van der Waals surface area contributed by atoms with Crippen LogP contribution in [0.15, 0.2) is 59.5 Å². The SMILES string of the molecule is CN(C(=O)O)C(CCC=CC(=O)NCCO)C(=O)Nc1cccn(Cc2nc3ccccc3[nH]2)c1=O. The number of pyridine rings is 1. The topological polar surface area (TPSA) is 170 Å². The number of amides is 3. The minimum atomic E-state index is -1.31. The van der Waals surface area contributed by atoms with Crippen molar-refractivity contribution in [3.05, 3.63) is 70.9 Å². The lowest BCUT2D eigenvalue weighted by Gasteiger charge is -2.24. The van der Waals surface area contributed by atoms with Crippen molar-refractivity contribution in [2.45, 2.75) is 25.4 Å². The van der Waals surface area contributed by atoms with Crippen molar-refractivity contribution in [2.75, 3.05) is 25.5 Å². The molecule has 0 aliphatic heterocycles. The van der Waals surface area contributed by atoms with E-state index >= 15 is 0 Å². The summed E-state index contributed by atoms with van der Waals surface area (Å²) in [6.07, 6.45) is 3.32. The van der Waals surface area contributed by atoms with Gasteiger partial charge >= 0.3 is 6.09 Å². The number of rotatable bonds is 11. The third kappa shape index (κ3) is 6.79. The number of carboxylic acid groups (broad SMARTS) is 1. The highest BCUT2D eigenvalue weighted by Crippen LogP contribution is 2.12. The first kappa shape index (κ1) is 26.2. The van der Waals surface area contributed by atoms with Crippen molar-refractivity contribution in [2.24, 2.45) is 0 Å². The molecule has 2 heterocycles. The van der Waals surface area contributed by atoms with Gasteiger partial charge in [0, 0.05) is 19.8 Å². The molecule has 0 saturated carbocycles. The maximum absolute atomic E-state index is 13.0. The second-order valence-corrected chi connectivity index (χ2v) is 7.95. The summed E-state index contributed by atoms with van der Waals surface area (Å²) in [7, 11) is 1.26. The number of nitrogens with one attached hydrogen (secondary N) is 3. The van der Waals surface area contributed by atoms with Crippen LogP contribution in [0.25, 0.3) is 11.0 Å². The molecule has 0 spiro atoms. The van der Waals surface area contributed by atoms with Crippen LogP contribution in [0.1, 0.15) is 18.7 Å². The number of para-hydroxylation sites is 2. The zero-order valence-corrected chi connectivity index (χ0v) is 19.7. The van der Waals surface area contributed by atoms with Crippen LogP contribution in [-0.4, -0.2) is 73.8 Å². The summed E-state index contributed by atoms with van der Waals surface area (Å²) < 4.78 is 1.39. The molecule has 0 aliphatic carbocycles. The number of allylic oxidation sites excluding steroid dienone is 1. The largest absolute Gasteiger partial charge is 0.465 e. The van der Waals surface area contributed by atoms with E-state index in [1.165, 1.54) is 29.8 Å². The molecule has 190 valence electrons. The van der Waals surface area contributed by atoms with E-state index in [1.807, 2.05) is 24.3 Å². The van der Waals surface area contributed by atoms with Crippen LogP contribution in [0.5, 0.6) is 0 Å². The highest BCUT2D eigenvalue weighted by molar-refractivity contribution is 5.96. The van der Waals surface area contributed by atoms with Gasteiger partial charge in [-0.2, -0.15) is 0 Å². The number of carbonyl (C=O) groups excluding carboxylic acids is 2. The number of benzene rings is 1. The number of imidazole rings is 1. The Hall–Kier alpha value is -4.45. The van der Waals surface area contributed by atoms with Gasteiger partial charge in [-0.1, -0.05) is 18.2 Å². The number of hydrogen-bond donors (Lipinski definition) is 5. The molecule has 3 rings (SSSR count). The molecule has 1 aromatic carbocycles. The van der Waals surface area contributed by atoms with Gasteiger partial charge in [0.25, 0.3) is 5.56 Å². The van der Waals surface area contributed by atoms with Crippen LogP contribution in [0.3, 0.4) is 0 Å². The van der Waals surface area contributed by atoms with E-state index in [4.69, 9.17) is 5.11 Å². The summed E-state index contributed by atoms with van der Waals surface area (Å²) in [5.74, 6) is -0.511. The van der Waals surface area contributed by atoms with Crippen molar-refractivity contribution in [1.29, 1.82) is 0 Å². The van der Waals surface area contributed by atoms with Gasteiger partial charge in [0.1, 0.15) is 17.6 Å². The van der Waals surface area contributed by atoms with E-state index in [-0.39, 0.29) is 38.2 Å². The highest BCUT2D eigenvalue weighted by atomic mass is 16.4. The molecule has 12 nitrogen and oxygen atoms in total. The molecule has 12 heteroatoms. The summed E-state index contributed by atoms with van der Waals surface area (Å²) in [6.45, 7) is 0.0738. The smallest absolute Gasteiger partial charge is 0.407 e. The third-order valence-electron chi connectivity index (χ3n) is 5.40. The third-order valence-corrected chi connectivity index (χ3v) is 5.40. The summed E-state index contributed by atoms with van der Waals surface area (Å²) in [5, 5.41) is 23.1. The average Bonchev–Trinajstić information content (AvgIpc) is 3.27. The second-order valence-electron chi connectivity index (χ2n) is 7.95. The lowest BCUT2D eigenvalue weighted by atomic mass is 10.1. The van der Waals surface area contributed by atoms with Gasteiger partial charge in [-0.15, -0.1) is 0 Å². The van der Waals surface area contributed by atoms with Gasteiger partial charge < -0.3 is 30.4 Å². The number of aliphatic hydroxyl groups excluding tert-OH is 1. The molecule has 0 radical (unpaired) electrons. The fourth-order valence-corrected chi connectivity index (χ4v) is 3.53. The highest BCUT2D eigenvalue weighted by Gasteiger charge is 2.27. The Morgan fingerprint density at radius 1 is 1.22 bits per heavy atom. The Morgan fingerprint density at radius 2 is 2.00 bits per heavy atom. The normalized spacial score (nSPS) is 11.9. The molecule has 2 aromatic heterocycles. The number of H-pyrrole nitrogens is 1. The number of aromatic nitrogens is 3. The quantitative estimate of drug-likeness (QED) is 0.248. The predicted octanol–water partition coefficient (Wildman–Crippen LogP) is 1.13. The van der Waals surface area contributed by atoms with Crippen LogP contribution in [0, 0.1) is 0 Å². The first-order chi connectivity index (χ1) is 17.3.